The van der Waals surface area contributed by atoms with Crippen molar-refractivity contribution in [2.24, 2.45) is 40.4 Å². The molecule has 0 aromatic heterocycles. The molecule has 6 unspecified atom stereocenters. The number of amides is 2. The Morgan fingerprint density at radius 2 is 1.73 bits per heavy atom. The zero-order valence-electron chi connectivity index (χ0n) is 32.3. The van der Waals surface area contributed by atoms with Gasteiger partial charge in [-0.3, -0.25) is 19.3 Å². The fourth-order valence-electron chi connectivity index (χ4n) is 13.2. The number of nitrogens with zero attached hydrogens (tertiary/aromatic N) is 2. The minimum atomic E-state index is -4.69. The van der Waals surface area contributed by atoms with Gasteiger partial charge in [-0.2, -0.15) is 14.0 Å². The first kappa shape index (κ1) is 41.4. The molecule has 2 amide bonds. The van der Waals surface area contributed by atoms with E-state index in [2.05, 4.69) is 4.90 Å². The number of methoxy groups -OCH3 is 3. The van der Waals surface area contributed by atoms with Crippen LogP contribution < -0.4 is 18.9 Å². The third-order valence-corrected chi connectivity index (χ3v) is 14.6. The zero-order chi connectivity index (χ0) is 40.9. The third-order valence-electron chi connectivity index (χ3n) is 14.6. The maximum atomic E-state index is 14.1. The van der Waals surface area contributed by atoms with E-state index in [1.807, 2.05) is 6.92 Å². The minimum absolute atomic E-state index is 0.0201. The van der Waals surface area contributed by atoms with Crippen molar-refractivity contribution in [1.29, 1.82) is 0 Å². The molecule has 5 aliphatic carbocycles. The van der Waals surface area contributed by atoms with Gasteiger partial charge in [0, 0.05) is 82.1 Å². The van der Waals surface area contributed by atoms with Gasteiger partial charge in [0.25, 0.3) is 0 Å². The molecule has 1 aromatic carbocycles. The number of rotatable bonds is 9. The Hall–Kier alpha value is -2.81. The summed E-state index contributed by atoms with van der Waals surface area (Å²) in [5.74, 6) is -3.74. The normalized spacial score (nSPS) is 43.3. The van der Waals surface area contributed by atoms with Gasteiger partial charge in [-0.1, -0.05) is 26.0 Å². The van der Waals surface area contributed by atoms with E-state index in [-0.39, 0.29) is 60.5 Å². The summed E-state index contributed by atoms with van der Waals surface area (Å²) in [7, 11) is 0.158. The van der Waals surface area contributed by atoms with Crippen LogP contribution in [-0.4, -0.2) is 126 Å². The molecule has 5 saturated carbocycles. The number of likely N-dealkylation sites (N-methyl/N-ethyl adjacent to an activating group) is 1. The standard InChI is InChI=1S/C38H50N2O11.ClHO4/c1-7-39-17-35(18-50-33(44)21-10-8-9-11-24(21)40-27(42)14-19(2)32(40)43)13-12-26(48-5)37-23-15-22-25(47-4)16-36(45,28(23)29(22)51-20(3)41)38(46,34(37)39)31(49-6)30(35)37;2-1(3,4)5/h8-11,19,22-23,25-26,28-31,34,45-46H,7,12-18H2,1-6H3;(H,2,3,4,5)/t19?,22-,23?,25+,26+,28?,29+,30?,31+,34?,35+,36-,37+,38?;/m1./s1. The molecular weight excluding hydrogens is 760 g/mol. The summed E-state index contributed by atoms with van der Waals surface area (Å²) in [6.45, 7) is 6.10. The van der Waals surface area contributed by atoms with Crippen LogP contribution in [0.4, 0.5) is 5.69 Å². The van der Waals surface area contributed by atoms with Crippen LogP contribution in [0.15, 0.2) is 24.3 Å². The van der Waals surface area contributed by atoms with Gasteiger partial charge in [-0.15, -0.1) is 0 Å². The van der Waals surface area contributed by atoms with Crippen molar-refractivity contribution in [1.82, 2.24) is 4.90 Å². The largest absolute Gasteiger partial charge is 0.462 e. The molecule has 8 rings (SSSR count). The number of likely N-dealkylation sites (tertiary alicyclic amines) is 1. The number of halogens is 1. The average molecular weight is 811 g/mol. The van der Waals surface area contributed by atoms with Crippen molar-refractivity contribution >= 4 is 29.4 Å². The number of anilines is 1. The third kappa shape index (κ3) is 5.64. The topological polar surface area (TPSA) is 251 Å². The number of hydrogen-bond acceptors (Lipinski definition) is 16. The molecule has 2 saturated heterocycles. The molecule has 0 radical (unpaired) electrons. The summed E-state index contributed by atoms with van der Waals surface area (Å²) in [6, 6.07) is 5.95. The Labute approximate surface area is 326 Å². The monoisotopic (exact) mass is 810 g/mol. The average Bonchev–Trinajstić information content (AvgIpc) is 3.64. The molecule has 1 aromatic rings. The lowest BCUT2D eigenvalue weighted by molar-refractivity contribution is -1.92. The van der Waals surface area contributed by atoms with E-state index in [0.29, 0.717) is 32.4 Å². The molecule has 310 valence electrons. The number of hydrogen-bond donors (Lipinski definition) is 3. The molecule has 2 aliphatic heterocycles. The summed E-state index contributed by atoms with van der Waals surface area (Å²) in [6.07, 6.45) is -0.303. The van der Waals surface area contributed by atoms with E-state index >= 15 is 0 Å². The smallest absolute Gasteiger partial charge is 0.340 e. The van der Waals surface area contributed by atoms with E-state index in [1.165, 1.54) is 6.92 Å². The second kappa shape index (κ2) is 14.2. The highest BCUT2D eigenvalue weighted by Gasteiger charge is 2.92. The number of para-hydroxylation sites is 1. The number of esters is 2. The lowest BCUT2D eigenvalue weighted by atomic mass is 9.42. The number of carbonyl (C=O) groups is 4. The highest BCUT2D eigenvalue weighted by Crippen LogP contribution is 2.80. The molecular formula is C38H51ClN2O15. The van der Waals surface area contributed by atoms with Crippen molar-refractivity contribution in [3.63, 3.8) is 0 Å². The number of ether oxygens (including phenoxy) is 5. The van der Waals surface area contributed by atoms with Gasteiger partial charge in [-0.25, -0.2) is 9.69 Å². The molecule has 3 N–H and O–H groups in total. The quantitative estimate of drug-likeness (QED) is 0.177. The Bertz CT molecular complexity index is 1750. The second-order valence-corrected chi connectivity index (χ2v) is 17.5. The predicted octanol–water partition coefficient (Wildman–Crippen LogP) is -2.17. The highest BCUT2D eigenvalue weighted by molar-refractivity contribution is 6.22. The zero-order valence-corrected chi connectivity index (χ0v) is 33.0. The van der Waals surface area contributed by atoms with Gasteiger partial charge in [0.2, 0.25) is 11.8 Å². The van der Waals surface area contributed by atoms with Gasteiger partial charge < -0.3 is 33.9 Å². The van der Waals surface area contributed by atoms with Gasteiger partial charge >= 0.3 is 11.9 Å². The maximum absolute atomic E-state index is 14.1. The van der Waals surface area contributed by atoms with E-state index in [9.17, 15) is 29.4 Å². The first-order valence-electron chi connectivity index (χ1n) is 19.0. The Morgan fingerprint density at radius 3 is 2.30 bits per heavy atom. The fraction of sp³-hybridized carbons (Fsp3) is 0.737. The van der Waals surface area contributed by atoms with Crippen LogP contribution in [0.25, 0.3) is 0 Å². The number of imide groups is 1. The van der Waals surface area contributed by atoms with Gasteiger partial charge in [0.05, 0.1) is 57.1 Å². The molecule has 17 nitrogen and oxygen atoms in total. The van der Waals surface area contributed by atoms with Crippen LogP contribution in [0.5, 0.6) is 0 Å². The predicted molar refractivity (Wildman–Crippen MR) is 181 cm³/mol. The van der Waals surface area contributed by atoms with Crippen LogP contribution >= 0.6 is 0 Å². The van der Waals surface area contributed by atoms with Crippen molar-refractivity contribution < 1.29 is 82.0 Å². The lowest BCUT2D eigenvalue weighted by Gasteiger charge is -2.70. The van der Waals surface area contributed by atoms with Crippen LogP contribution in [-0.2, 0) is 38.1 Å². The number of carbonyl (C=O) groups excluding carboxylic acids is 4. The molecule has 7 fully saturated rings. The molecule has 18 heteroatoms. The van der Waals surface area contributed by atoms with Gasteiger partial charge in [-0.05, 0) is 43.9 Å². The molecule has 7 aliphatic rings. The minimum Gasteiger partial charge on any atom is -0.462 e. The van der Waals surface area contributed by atoms with E-state index in [0.717, 1.165) is 4.90 Å². The first-order chi connectivity index (χ1) is 26.3. The molecule has 7 bridgehead atoms. The van der Waals surface area contributed by atoms with Crippen LogP contribution in [0.2, 0.25) is 0 Å². The van der Waals surface area contributed by atoms with Gasteiger partial charge in [0.15, 0.2) is 0 Å². The Balaban J connectivity index is 0.000000905. The Kier molecular flexibility index (Phi) is 10.5. The van der Waals surface area contributed by atoms with Crippen LogP contribution in [0, 0.1) is 50.7 Å². The summed E-state index contributed by atoms with van der Waals surface area (Å²) >= 11 is 0. The van der Waals surface area contributed by atoms with Crippen molar-refractivity contribution in [3.8, 4) is 0 Å². The molecule has 1 spiro atoms. The van der Waals surface area contributed by atoms with Crippen molar-refractivity contribution in [2.45, 2.75) is 94.5 Å². The number of aliphatic hydroxyl groups is 2. The highest BCUT2D eigenvalue weighted by atomic mass is 35.7. The van der Waals surface area contributed by atoms with E-state index in [4.69, 9.17) is 42.3 Å². The fourth-order valence-corrected chi connectivity index (χ4v) is 13.2. The lowest BCUT2D eigenvalue weighted by Crippen LogP contribution is -2.82. The number of benzene rings is 1. The summed E-state index contributed by atoms with van der Waals surface area (Å²) in [5.41, 5.74) is -4.72. The van der Waals surface area contributed by atoms with E-state index in [1.54, 1.807) is 52.5 Å². The van der Waals surface area contributed by atoms with Crippen LogP contribution in [0.3, 0.4) is 0 Å². The maximum Gasteiger partial charge on any atom is 0.340 e. The van der Waals surface area contributed by atoms with Crippen molar-refractivity contribution in [3.05, 3.63) is 29.8 Å². The summed E-state index contributed by atoms with van der Waals surface area (Å²) < 4.78 is 63.9. The second-order valence-electron chi connectivity index (χ2n) is 16.7. The Morgan fingerprint density at radius 1 is 1.05 bits per heavy atom. The van der Waals surface area contributed by atoms with Crippen LogP contribution in [0.1, 0.15) is 63.2 Å². The van der Waals surface area contributed by atoms with Crippen molar-refractivity contribution in [2.75, 3.05) is 45.9 Å². The molecule has 14 atom stereocenters. The summed E-state index contributed by atoms with van der Waals surface area (Å²) in [4.78, 5) is 55.9. The molecule has 2 heterocycles. The number of fused-ring (bicyclic) bond motifs is 2. The van der Waals surface area contributed by atoms with Gasteiger partial charge in [0.1, 0.15) is 17.3 Å². The number of piperidine rings is 1. The van der Waals surface area contributed by atoms with E-state index < -0.39 is 86.3 Å². The summed E-state index contributed by atoms with van der Waals surface area (Å²) in [5, 5.41) is 26.7. The molecule has 56 heavy (non-hydrogen) atoms. The first-order valence-corrected chi connectivity index (χ1v) is 20.3. The SMILES string of the molecule is CCN1C[C@]2(COC(=O)c3ccccc3N3C(=O)CC(C)C3=O)CC[C@H](OC)[C@]34C5C[C@@H]6[C@@H](OC)C[C@@](O)(C5[C@H]6OC(C)=O)C(O)(C13)[C@@H](OC)C24.[O-][Cl+3]([O-])([O-])O.